The van der Waals surface area contributed by atoms with E-state index >= 15 is 0 Å². The number of carbonyl (C=O) groups is 2. The number of nitro benzene ring substituents is 1. The quantitative estimate of drug-likeness (QED) is 0.523. The van der Waals surface area contributed by atoms with Crippen molar-refractivity contribution < 1.29 is 14.5 Å². The largest absolute Gasteiger partial charge is 0.349 e. The highest BCUT2D eigenvalue weighted by atomic mass is 16.6. The highest BCUT2D eigenvalue weighted by Crippen LogP contribution is 2.30. The predicted octanol–water partition coefficient (Wildman–Crippen LogP) is 2.20. The molecule has 1 aliphatic carbocycles. The van der Waals surface area contributed by atoms with Gasteiger partial charge in [0.05, 0.1) is 16.8 Å². The van der Waals surface area contributed by atoms with E-state index in [4.69, 9.17) is 0 Å². The molecule has 7 nitrogen and oxygen atoms in total. The van der Waals surface area contributed by atoms with Crippen LogP contribution in [0.15, 0.2) is 36.4 Å². The Labute approximate surface area is 134 Å². The summed E-state index contributed by atoms with van der Waals surface area (Å²) in [4.78, 5) is 36.7. The van der Waals surface area contributed by atoms with Crippen molar-refractivity contribution in [2.75, 3.05) is 19.4 Å². The summed E-state index contributed by atoms with van der Waals surface area (Å²) in [6.07, 6.45) is 4.69. The van der Waals surface area contributed by atoms with Gasteiger partial charge in [0.1, 0.15) is 5.69 Å². The van der Waals surface area contributed by atoms with Crippen LogP contribution in [0.5, 0.6) is 0 Å². The normalized spacial score (nSPS) is 19.9. The van der Waals surface area contributed by atoms with Gasteiger partial charge in [-0.3, -0.25) is 19.7 Å². The number of para-hydroxylation sites is 2. The smallest absolute Gasteiger partial charge is 0.292 e. The SMILES string of the molecule is CN(C)C(=O)C1CC=CCC1C(=O)Nc1ccccc1[N+](=O)[O-]. The van der Waals surface area contributed by atoms with Crippen LogP contribution in [0.3, 0.4) is 0 Å². The van der Waals surface area contributed by atoms with Crippen molar-refractivity contribution in [3.63, 3.8) is 0 Å². The summed E-state index contributed by atoms with van der Waals surface area (Å²) in [5.41, 5.74) is -0.0178. The maximum Gasteiger partial charge on any atom is 0.292 e. The van der Waals surface area contributed by atoms with Gasteiger partial charge >= 0.3 is 0 Å². The number of hydrogen-bond acceptors (Lipinski definition) is 4. The van der Waals surface area contributed by atoms with Crippen molar-refractivity contribution in [3.8, 4) is 0 Å². The van der Waals surface area contributed by atoms with Crippen molar-refractivity contribution in [1.29, 1.82) is 0 Å². The monoisotopic (exact) mass is 317 g/mol. The molecule has 0 radical (unpaired) electrons. The number of benzene rings is 1. The van der Waals surface area contributed by atoms with E-state index in [1.807, 2.05) is 12.2 Å². The van der Waals surface area contributed by atoms with Gasteiger partial charge in [0.25, 0.3) is 5.69 Å². The Bertz CT molecular complexity index is 654. The van der Waals surface area contributed by atoms with Gasteiger partial charge in [0.15, 0.2) is 0 Å². The Morgan fingerprint density at radius 2 is 1.78 bits per heavy atom. The van der Waals surface area contributed by atoms with Crippen LogP contribution >= 0.6 is 0 Å². The fourth-order valence-electron chi connectivity index (χ4n) is 2.67. The number of allylic oxidation sites excluding steroid dienone is 2. The van der Waals surface area contributed by atoms with Gasteiger partial charge in [0, 0.05) is 20.2 Å². The van der Waals surface area contributed by atoms with Crippen molar-refractivity contribution in [3.05, 3.63) is 46.5 Å². The minimum atomic E-state index is -0.543. The summed E-state index contributed by atoms with van der Waals surface area (Å²) in [5.74, 6) is -1.46. The summed E-state index contributed by atoms with van der Waals surface area (Å²) in [6.45, 7) is 0. The molecule has 1 aromatic carbocycles. The fraction of sp³-hybridized carbons (Fsp3) is 0.375. The van der Waals surface area contributed by atoms with E-state index in [1.54, 1.807) is 20.2 Å². The number of amides is 2. The molecular weight excluding hydrogens is 298 g/mol. The minimum absolute atomic E-state index is 0.114. The number of rotatable bonds is 4. The number of nitro groups is 1. The third kappa shape index (κ3) is 3.74. The highest BCUT2D eigenvalue weighted by Gasteiger charge is 2.35. The van der Waals surface area contributed by atoms with Crippen molar-refractivity contribution in [1.82, 2.24) is 4.90 Å². The lowest BCUT2D eigenvalue weighted by Gasteiger charge is -2.28. The first kappa shape index (κ1) is 16.7. The molecule has 2 atom stereocenters. The van der Waals surface area contributed by atoms with E-state index in [-0.39, 0.29) is 23.2 Å². The third-order valence-electron chi connectivity index (χ3n) is 3.89. The lowest BCUT2D eigenvalue weighted by atomic mass is 9.81. The average Bonchev–Trinajstić information content (AvgIpc) is 2.54. The van der Waals surface area contributed by atoms with Crippen molar-refractivity contribution in [2.24, 2.45) is 11.8 Å². The second-order valence-corrected chi connectivity index (χ2v) is 5.65. The number of carbonyl (C=O) groups excluding carboxylic acids is 2. The van der Waals surface area contributed by atoms with Crippen LogP contribution in [-0.2, 0) is 9.59 Å². The van der Waals surface area contributed by atoms with Gasteiger partial charge in [-0.1, -0.05) is 24.3 Å². The molecule has 1 N–H and O–H groups in total. The Morgan fingerprint density at radius 1 is 1.17 bits per heavy atom. The number of hydrogen-bond donors (Lipinski definition) is 1. The van der Waals surface area contributed by atoms with E-state index < -0.39 is 16.8 Å². The molecule has 2 rings (SSSR count). The van der Waals surface area contributed by atoms with Crippen LogP contribution in [0.25, 0.3) is 0 Å². The molecule has 0 aromatic heterocycles. The first-order valence-corrected chi connectivity index (χ1v) is 7.32. The molecule has 0 aliphatic heterocycles. The topological polar surface area (TPSA) is 92.6 Å². The van der Waals surface area contributed by atoms with Crippen molar-refractivity contribution >= 4 is 23.2 Å². The molecule has 0 fully saturated rings. The second-order valence-electron chi connectivity index (χ2n) is 5.65. The first-order valence-electron chi connectivity index (χ1n) is 7.32. The molecule has 23 heavy (non-hydrogen) atoms. The molecule has 0 saturated carbocycles. The minimum Gasteiger partial charge on any atom is -0.349 e. The van der Waals surface area contributed by atoms with Crippen LogP contribution in [0.4, 0.5) is 11.4 Å². The Hall–Kier alpha value is -2.70. The van der Waals surface area contributed by atoms with Gasteiger partial charge in [-0.15, -0.1) is 0 Å². The second kappa shape index (κ2) is 7.04. The van der Waals surface area contributed by atoms with Crippen LogP contribution in [-0.4, -0.2) is 35.7 Å². The molecule has 0 bridgehead atoms. The number of nitrogens with zero attached hydrogens (tertiary/aromatic N) is 2. The molecule has 0 spiro atoms. The molecule has 122 valence electrons. The average molecular weight is 317 g/mol. The molecule has 0 saturated heterocycles. The summed E-state index contributed by atoms with van der Waals surface area (Å²) < 4.78 is 0. The molecule has 1 aliphatic rings. The fourth-order valence-corrected chi connectivity index (χ4v) is 2.67. The lowest BCUT2D eigenvalue weighted by Crippen LogP contribution is -2.40. The summed E-state index contributed by atoms with van der Waals surface area (Å²) in [5, 5.41) is 13.6. The standard InChI is InChI=1S/C16H19N3O4/c1-18(2)16(21)12-8-4-3-7-11(12)15(20)17-13-9-5-6-10-14(13)19(22)23/h3-6,9-12H,7-8H2,1-2H3,(H,17,20). The van der Waals surface area contributed by atoms with E-state index in [1.165, 1.54) is 23.1 Å². The first-order chi connectivity index (χ1) is 10.9. The molecule has 2 amide bonds. The van der Waals surface area contributed by atoms with Crippen molar-refractivity contribution in [2.45, 2.75) is 12.8 Å². The maximum atomic E-state index is 12.5. The van der Waals surface area contributed by atoms with Gasteiger partial charge in [-0.05, 0) is 18.9 Å². The molecule has 1 aromatic rings. The zero-order valence-electron chi connectivity index (χ0n) is 13.1. The van der Waals surface area contributed by atoms with Gasteiger partial charge < -0.3 is 10.2 Å². The number of anilines is 1. The van der Waals surface area contributed by atoms with E-state index in [0.717, 1.165) is 0 Å². The van der Waals surface area contributed by atoms with Crippen LogP contribution in [0, 0.1) is 22.0 Å². The van der Waals surface area contributed by atoms with E-state index in [0.29, 0.717) is 12.8 Å². The van der Waals surface area contributed by atoms with Gasteiger partial charge in [-0.25, -0.2) is 0 Å². The lowest BCUT2D eigenvalue weighted by molar-refractivity contribution is -0.383. The maximum absolute atomic E-state index is 12.5. The zero-order valence-corrected chi connectivity index (χ0v) is 13.1. The number of nitrogens with one attached hydrogen (secondary N) is 1. The van der Waals surface area contributed by atoms with Crippen LogP contribution < -0.4 is 5.32 Å². The summed E-state index contributed by atoms with van der Waals surface area (Å²) in [7, 11) is 3.30. The third-order valence-corrected chi connectivity index (χ3v) is 3.89. The molecule has 0 heterocycles. The van der Waals surface area contributed by atoms with E-state index in [9.17, 15) is 19.7 Å². The molecule has 2 unspecified atom stereocenters. The van der Waals surface area contributed by atoms with Gasteiger partial charge in [0.2, 0.25) is 11.8 Å². The molecular formula is C16H19N3O4. The van der Waals surface area contributed by atoms with E-state index in [2.05, 4.69) is 5.32 Å². The Morgan fingerprint density at radius 3 is 2.39 bits per heavy atom. The Balaban J connectivity index is 2.21. The predicted molar refractivity (Wildman–Crippen MR) is 85.8 cm³/mol. The summed E-state index contributed by atoms with van der Waals surface area (Å²) in [6, 6.07) is 5.97. The summed E-state index contributed by atoms with van der Waals surface area (Å²) >= 11 is 0. The van der Waals surface area contributed by atoms with Crippen LogP contribution in [0.1, 0.15) is 12.8 Å². The zero-order chi connectivity index (χ0) is 17.0. The Kier molecular flexibility index (Phi) is 5.10. The van der Waals surface area contributed by atoms with Crippen LogP contribution in [0.2, 0.25) is 0 Å². The van der Waals surface area contributed by atoms with Gasteiger partial charge in [-0.2, -0.15) is 0 Å². The highest BCUT2D eigenvalue weighted by molar-refractivity contribution is 5.97. The molecule has 7 heteroatoms.